The Morgan fingerprint density at radius 1 is 1.06 bits per heavy atom. The normalized spacial score (nSPS) is 15.7. The highest BCUT2D eigenvalue weighted by Gasteiger charge is 2.41. The minimum atomic E-state index is -4.09. The molecule has 1 fully saturated rings. The molecule has 1 saturated heterocycles. The van der Waals surface area contributed by atoms with Gasteiger partial charge in [-0.25, -0.2) is 4.98 Å². The fraction of sp³-hybridized carbons (Fsp3) is 0.423. The van der Waals surface area contributed by atoms with Crippen molar-refractivity contribution >= 4 is 16.6 Å². The molecule has 0 amide bonds. The molecule has 0 aliphatic carbocycles. The average Bonchev–Trinajstić information content (AvgIpc) is 3.10. The molecule has 1 aliphatic heterocycles. The van der Waals surface area contributed by atoms with Gasteiger partial charge in [0.15, 0.2) is 0 Å². The Balaban J connectivity index is 1.50. The highest BCUT2D eigenvalue weighted by Crippen LogP contribution is 2.34. The maximum atomic E-state index is 13.0. The number of aryl methyl sites for hydroxylation is 1. The van der Waals surface area contributed by atoms with Gasteiger partial charge < -0.3 is 9.88 Å². The van der Waals surface area contributed by atoms with Crippen LogP contribution in [0.3, 0.4) is 0 Å². The molecule has 4 nitrogen and oxygen atoms in total. The lowest BCUT2D eigenvalue weighted by molar-refractivity contribution is -0.184. The van der Waals surface area contributed by atoms with Crippen LogP contribution in [0.2, 0.25) is 0 Å². The number of anilines is 1. The number of piperidine rings is 1. The highest BCUT2D eigenvalue weighted by atomic mass is 19.4. The number of hydrogen-bond donors (Lipinski definition) is 1. The summed E-state index contributed by atoms with van der Waals surface area (Å²) < 4.78 is 41.1. The van der Waals surface area contributed by atoms with Gasteiger partial charge in [-0.1, -0.05) is 17.7 Å². The molecule has 176 valence electrons. The summed E-state index contributed by atoms with van der Waals surface area (Å²) >= 11 is 0. The Morgan fingerprint density at radius 3 is 2.39 bits per heavy atom. The number of rotatable bonds is 5. The standard InChI is InChI=1S/C26H31F3N4/c1-17(2)23(16-33-11-9-22(10-12-33)26(27,28)29)31-25-14-21-13-19(6-7-20(21)15-30-25)24-8-5-18(3)32(24)4/h5-8,13-15,22H,9-12,16H2,1-4H3,(H,30,31). The highest BCUT2D eigenvalue weighted by molar-refractivity contribution is 5.88. The lowest BCUT2D eigenvalue weighted by Gasteiger charge is -2.33. The second-order valence-electron chi connectivity index (χ2n) is 9.25. The third-order valence-corrected chi connectivity index (χ3v) is 6.71. The third kappa shape index (κ3) is 5.24. The predicted molar refractivity (Wildman–Crippen MR) is 128 cm³/mol. The topological polar surface area (TPSA) is 33.1 Å². The monoisotopic (exact) mass is 456 g/mol. The van der Waals surface area contributed by atoms with E-state index in [0.29, 0.717) is 19.6 Å². The van der Waals surface area contributed by atoms with E-state index in [1.165, 1.54) is 5.69 Å². The molecule has 0 radical (unpaired) electrons. The molecule has 0 unspecified atom stereocenters. The molecular formula is C26H31F3N4. The van der Waals surface area contributed by atoms with Crippen LogP contribution in [0.1, 0.15) is 32.4 Å². The molecular weight excluding hydrogens is 425 g/mol. The number of halogens is 3. The van der Waals surface area contributed by atoms with Crippen LogP contribution in [-0.2, 0) is 7.05 Å². The van der Waals surface area contributed by atoms with E-state index in [4.69, 9.17) is 0 Å². The molecule has 2 aromatic heterocycles. The second kappa shape index (κ2) is 9.21. The van der Waals surface area contributed by atoms with E-state index in [2.05, 4.69) is 64.1 Å². The first-order valence-electron chi connectivity index (χ1n) is 11.4. The summed E-state index contributed by atoms with van der Waals surface area (Å²) in [7, 11) is 2.06. The molecule has 3 heterocycles. The summed E-state index contributed by atoms with van der Waals surface area (Å²) in [6.45, 7) is 7.61. The SMILES string of the molecule is CC(C)=C(CN1CCC(C(F)(F)F)CC1)Nc1cc2cc(-c3ccc(C)n3C)ccc2cn1. The van der Waals surface area contributed by atoms with Crippen LogP contribution < -0.4 is 5.32 Å². The van der Waals surface area contributed by atoms with Crippen molar-refractivity contribution in [3.63, 3.8) is 0 Å². The minimum Gasteiger partial charge on any atom is -0.348 e. The maximum absolute atomic E-state index is 13.0. The van der Waals surface area contributed by atoms with Crippen LogP contribution in [0.25, 0.3) is 22.0 Å². The van der Waals surface area contributed by atoms with E-state index in [0.717, 1.165) is 39.1 Å². The first kappa shape index (κ1) is 23.4. The summed E-state index contributed by atoms with van der Waals surface area (Å²) in [5.41, 5.74) is 5.59. The van der Waals surface area contributed by atoms with Crippen molar-refractivity contribution in [1.82, 2.24) is 14.5 Å². The van der Waals surface area contributed by atoms with Gasteiger partial charge in [-0.05, 0) is 81.9 Å². The molecule has 0 atom stereocenters. The van der Waals surface area contributed by atoms with Gasteiger partial charge in [0.25, 0.3) is 0 Å². The Labute approximate surface area is 193 Å². The molecule has 1 aliphatic rings. The Kier molecular flexibility index (Phi) is 6.52. The van der Waals surface area contributed by atoms with Crippen LogP contribution in [-0.4, -0.2) is 40.3 Å². The molecule has 33 heavy (non-hydrogen) atoms. The van der Waals surface area contributed by atoms with Crippen molar-refractivity contribution in [3.8, 4) is 11.3 Å². The van der Waals surface area contributed by atoms with Crippen LogP contribution in [0.5, 0.6) is 0 Å². The van der Waals surface area contributed by atoms with Gasteiger partial charge in [-0.3, -0.25) is 4.90 Å². The third-order valence-electron chi connectivity index (χ3n) is 6.71. The van der Waals surface area contributed by atoms with Crippen LogP contribution in [0, 0.1) is 12.8 Å². The zero-order valence-electron chi connectivity index (χ0n) is 19.6. The number of likely N-dealkylation sites (tertiary alicyclic amines) is 1. The van der Waals surface area contributed by atoms with Gasteiger partial charge in [0.1, 0.15) is 5.82 Å². The smallest absolute Gasteiger partial charge is 0.348 e. The number of nitrogens with zero attached hydrogens (tertiary/aromatic N) is 3. The molecule has 4 rings (SSSR count). The van der Waals surface area contributed by atoms with E-state index < -0.39 is 12.1 Å². The maximum Gasteiger partial charge on any atom is 0.391 e. The first-order chi connectivity index (χ1) is 15.6. The van der Waals surface area contributed by atoms with Gasteiger partial charge in [-0.2, -0.15) is 13.2 Å². The Hall–Kier alpha value is -2.80. The van der Waals surface area contributed by atoms with Gasteiger partial charge in [0.2, 0.25) is 0 Å². The molecule has 1 N–H and O–H groups in total. The van der Waals surface area contributed by atoms with E-state index in [1.54, 1.807) is 0 Å². The van der Waals surface area contributed by atoms with E-state index in [-0.39, 0.29) is 12.8 Å². The lowest BCUT2D eigenvalue weighted by Crippen LogP contribution is -2.40. The summed E-state index contributed by atoms with van der Waals surface area (Å²) in [5.74, 6) is -0.440. The molecule has 1 aromatic carbocycles. The largest absolute Gasteiger partial charge is 0.391 e. The van der Waals surface area contributed by atoms with Gasteiger partial charge in [-0.15, -0.1) is 0 Å². The number of nitrogens with one attached hydrogen (secondary N) is 1. The first-order valence-corrected chi connectivity index (χ1v) is 11.4. The van der Waals surface area contributed by atoms with Crippen LogP contribution in [0.15, 0.2) is 53.9 Å². The van der Waals surface area contributed by atoms with Crippen molar-refractivity contribution in [2.75, 3.05) is 25.0 Å². The van der Waals surface area contributed by atoms with Crippen molar-refractivity contribution in [3.05, 3.63) is 59.6 Å². The predicted octanol–water partition coefficient (Wildman–Crippen LogP) is 6.53. The second-order valence-corrected chi connectivity index (χ2v) is 9.25. The molecule has 0 saturated carbocycles. The van der Waals surface area contributed by atoms with Crippen molar-refractivity contribution in [2.45, 2.75) is 39.8 Å². The van der Waals surface area contributed by atoms with Crippen molar-refractivity contribution < 1.29 is 13.2 Å². The molecule has 7 heteroatoms. The minimum absolute atomic E-state index is 0.162. The zero-order valence-corrected chi connectivity index (χ0v) is 19.6. The summed E-state index contributed by atoms with van der Waals surface area (Å²) in [4.78, 5) is 6.66. The molecule has 0 spiro atoms. The molecule has 0 bridgehead atoms. The van der Waals surface area contributed by atoms with E-state index >= 15 is 0 Å². The quantitative estimate of drug-likeness (QED) is 0.474. The molecule has 3 aromatic rings. The number of hydrogen-bond acceptors (Lipinski definition) is 3. The van der Waals surface area contributed by atoms with Crippen LogP contribution >= 0.6 is 0 Å². The number of fused-ring (bicyclic) bond motifs is 1. The van der Waals surface area contributed by atoms with E-state index in [9.17, 15) is 13.2 Å². The number of aromatic nitrogens is 2. The Morgan fingerprint density at radius 2 is 1.79 bits per heavy atom. The average molecular weight is 457 g/mol. The Bertz CT molecular complexity index is 1160. The van der Waals surface area contributed by atoms with Crippen LogP contribution in [0.4, 0.5) is 19.0 Å². The van der Waals surface area contributed by atoms with Gasteiger partial charge in [0, 0.05) is 42.3 Å². The van der Waals surface area contributed by atoms with Gasteiger partial charge >= 0.3 is 6.18 Å². The number of allylic oxidation sites excluding steroid dienone is 1. The number of pyridine rings is 1. The van der Waals surface area contributed by atoms with Crippen molar-refractivity contribution in [2.24, 2.45) is 13.0 Å². The fourth-order valence-corrected chi connectivity index (χ4v) is 4.39. The summed E-state index contributed by atoms with van der Waals surface area (Å²) in [6, 6.07) is 12.6. The summed E-state index contributed by atoms with van der Waals surface area (Å²) in [6.07, 6.45) is -1.91. The number of alkyl halides is 3. The van der Waals surface area contributed by atoms with Gasteiger partial charge in [0.05, 0.1) is 5.92 Å². The lowest BCUT2D eigenvalue weighted by atomic mass is 9.96. The van der Waals surface area contributed by atoms with Crippen molar-refractivity contribution in [1.29, 1.82) is 0 Å². The fourth-order valence-electron chi connectivity index (χ4n) is 4.39. The zero-order chi connectivity index (χ0) is 23.8. The van der Waals surface area contributed by atoms with E-state index in [1.807, 2.05) is 26.1 Å². The number of benzene rings is 1. The summed E-state index contributed by atoms with van der Waals surface area (Å²) in [5, 5.41) is 5.58.